The molecule has 1 N–H and O–H groups in total. The summed E-state index contributed by atoms with van der Waals surface area (Å²) in [5.74, 6) is -0.344. The number of rotatable bonds is 4. The van der Waals surface area contributed by atoms with Gasteiger partial charge in [0.1, 0.15) is 17.4 Å². The van der Waals surface area contributed by atoms with Gasteiger partial charge in [0.05, 0.1) is 18.7 Å². The van der Waals surface area contributed by atoms with Crippen LogP contribution in [0.25, 0.3) is 0 Å². The minimum Gasteiger partial charge on any atom is -0.493 e. The molecule has 0 aliphatic carbocycles. The highest BCUT2D eigenvalue weighted by atomic mass is 19.1. The Bertz CT molecular complexity index is 864. The zero-order valence-corrected chi connectivity index (χ0v) is 16.4. The Morgan fingerprint density at radius 2 is 1.79 bits per heavy atom. The highest BCUT2D eigenvalue weighted by molar-refractivity contribution is 5.82. The van der Waals surface area contributed by atoms with Crippen molar-refractivity contribution in [3.05, 3.63) is 59.7 Å². The van der Waals surface area contributed by atoms with Gasteiger partial charge in [0, 0.05) is 49.9 Å². The lowest BCUT2D eigenvalue weighted by Gasteiger charge is -2.39. The standard InChI is InChI=1S/C22H25F2N3O2/c1-15(22(28)25-20-6-11-29-21-5-3-2-4-19(20)21)26-7-9-27(10-8-26)18-13-16(23)12-17(24)14-18/h2-5,12-15,20H,6-11H2,1H3,(H,25,28). The second kappa shape index (κ2) is 8.37. The number of hydrogen-bond donors (Lipinski definition) is 1. The van der Waals surface area contributed by atoms with Crippen LogP contribution in [-0.4, -0.2) is 49.6 Å². The summed E-state index contributed by atoms with van der Waals surface area (Å²) in [5, 5.41) is 3.16. The molecular weight excluding hydrogens is 376 g/mol. The van der Waals surface area contributed by atoms with E-state index < -0.39 is 11.6 Å². The van der Waals surface area contributed by atoms with E-state index in [-0.39, 0.29) is 18.0 Å². The molecule has 0 aromatic heterocycles. The van der Waals surface area contributed by atoms with Crippen LogP contribution in [-0.2, 0) is 4.79 Å². The second-order valence-electron chi connectivity index (χ2n) is 7.56. The van der Waals surface area contributed by atoms with E-state index in [1.54, 1.807) is 0 Å². The molecule has 2 aromatic rings. The van der Waals surface area contributed by atoms with Crippen molar-refractivity contribution in [2.75, 3.05) is 37.7 Å². The van der Waals surface area contributed by atoms with Gasteiger partial charge in [0.25, 0.3) is 0 Å². The fraction of sp³-hybridized carbons (Fsp3) is 0.409. The van der Waals surface area contributed by atoms with Crippen LogP contribution in [0.2, 0.25) is 0 Å². The van der Waals surface area contributed by atoms with Gasteiger partial charge in [-0.05, 0) is 25.1 Å². The summed E-state index contributed by atoms with van der Waals surface area (Å²) in [7, 11) is 0. The van der Waals surface area contributed by atoms with E-state index in [1.807, 2.05) is 36.1 Å². The van der Waals surface area contributed by atoms with Gasteiger partial charge in [-0.3, -0.25) is 9.69 Å². The summed E-state index contributed by atoms with van der Waals surface area (Å²) in [4.78, 5) is 16.9. The number of amides is 1. The first-order valence-electron chi connectivity index (χ1n) is 9.98. The summed E-state index contributed by atoms with van der Waals surface area (Å²) < 4.78 is 32.6. The fourth-order valence-corrected chi connectivity index (χ4v) is 4.04. The van der Waals surface area contributed by atoms with Crippen molar-refractivity contribution < 1.29 is 18.3 Å². The molecule has 2 atom stereocenters. The van der Waals surface area contributed by atoms with E-state index in [0.29, 0.717) is 38.5 Å². The van der Waals surface area contributed by atoms with Crippen molar-refractivity contribution in [1.82, 2.24) is 10.2 Å². The van der Waals surface area contributed by atoms with Gasteiger partial charge in [-0.15, -0.1) is 0 Å². The zero-order chi connectivity index (χ0) is 20.4. The van der Waals surface area contributed by atoms with Gasteiger partial charge in [-0.1, -0.05) is 18.2 Å². The van der Waals surface area contributed by atoms with Crippen LogP contribution in [0.3, 0.4) is 0 Å². The van der Waals surface area contributed by atoms with Gasteiger partial charge in [-0.25, -0.2) is 8.78 Å². The molecule has 1 saturated heterocycles. The Morgan fingerprint density at radius 3 is 2.52 bits per heavy atom. The van der Waals surface area contributed by atoms with Crippen molar-refractivity contribution in [1.29, 1.82) is 0 Å². The molecule has 2 unspecified atom stereocenters. The van der Waals surface area contributed by atoms with Crippen LogP contribution >= 0.6 is 0 Å². The van der Waals surface area contributed by atoms with Crippen LogP contribution < -0.4 is 15.0 Å². The number of hydrogen-bond acceptors (Lipinski definition) is 4. The SMILES string of the molecule is CC(C(=O)NC1CCOc2ccccc21)N1CCN(c2cc(F)cc(F)c2)CC1. The Labute approximate surface area is 169 Å². The summed E-state index contributed by atoms with van der Waals surface area (Å²) in [6.07, 6.45) is 0.744. The number of piperazine rings is 1. The maximum atomic E-state index is 13.5. The molecule has 1 amide bonds. The molecule has 0 spiro atoms. The Balaban J connectivity index is 1.35. The van der Waals surface area contributed by atoms with E-state index in [0.717, 1.165) is 23.8 Å². The highest BCUT2D eigenvalue weighted by Gasteiger charge is 2.29. The predicted octanol–water partition coefficient (Wildman–Crippen LogP) is 3.12. The molecule has 2 heterocycles. The average Bonchev–Trinajstić information content (AvgIpc) is 2.73. The first-order chi connectivity index (χ1) is 14.0. The number of halogens is 2. The van der Waals surface area contributed by atoms with Crippen molar-refractivity contribution in [2.45, 2.75) is 25.4 Å². The van der Waals surface area contributed by atoms with Crippen molar-refractivity contribution >= 4 is 11.6 Å². The monoisotopic (exact) mass is 401 g/mol. The molecule has 4 rings (SSSR count). The van der Waals surface area contributed by atoms with Gasteiger partial charge < -0.3 is 15.0 Å². The van der Waals surface area contributed by atoms with Crippen LogP contribution in [0.1, 0.15) is 24.9 Å². The minimum atomic E-state index is -0.577. The van der Waals surface area contributed by atoms with Crippen LogP contribution in [0.5, 0.6) is 5.75 Å². The molecule has 1 fully saturated rings. The van der Waals surface area contributed by atoms with Gasteiger partial charge in [-0.2, -0.15) is 0 Å². The molecule has 154 valence electrons. The third-order valence-electron chi connectivity index (χ3n) is 5.73. The van der Waals surface area contributed by atoms with Crippen molar-refractivity contribution in [3.8, 4) is 5.75 Å². The zero-order valence-electron chi connectivity index (χ0n) is 16.4. The summed E-state index contributed by atoms with van der Waals surface area (Å²) in [6, 6.07) is 11.0. The first-order valence-corrected chi connectivity index (χ1v) is 9.98. The molecule has 7 heteroatoms. The van der Waals surface area contributed by atoms with E-state index in [2.05, 4.69) is 10.2 Å². The normalized spacial score (nSPS) is 20.5. The van der Waals surface area contributed by atoms with Gasteiger partial charge >= 0.3 is 0 Å². The molecule has 5 nitrogen and oxygen atoms in total. The summed E-state index contributed by atoms with van der Waals surface area (Å²) in [6.45, 7) is 5.01. The van der Waals surface area contributed by atoms with E-state index in [4.69, 9.17) is 4.74 Å². The smallest absolute Gasteiger partial charge is 0.237 e. The summed E-state index contributed by atoms with van der Waals surface area (Å²) >= 11 is 0. The van der Waals surface area contributed by atoms with Crippen molar-refractivity contribution in [2.24, 2.45) is 0 Å². The maximum absolute atomic E-state index is 13.5. The second-order valence-corrected chi connectivity index (χ2v) is 7.56. The number of nitrogens with zero attached hydrogens (tertiary/aromatic N) is 2. The Morgan fingerprint density at radius 1 is 1.10 bits per heavy atom. The number of para-hydroxylation sites is 1. The van der Waals surface area contributed by atoms with Crippen molar-refractivity contribution in [3.63, 3.8) is 0 Å². The maximum Gasteiger partial charge on any atom is 0.237 e. The average molecular weight is 401 g/mol. The minimum absolute atomic E-state index is 0.0167. The lowest BCUT2D eigenvalue weighted by molar-refractivity contribution is -0.127. The topological polar surface area (TPSA) is 44.8 Å². The molecule has 2 aliphatic heterocycles. The molecule has 2 aromatic carbocycles. The number of carbonyl (C=O) groups is 1. The van der Waals surface area contributed by atoms with E-state index >= 15 is 0 Å². The Hall–Kier alpha value is -2.67. The largest absolute Gasteiger partial charge is 0.493 e. The third-order valence-corrected chi connectivity index (χ3v) is 5.73. The van der Waals surface area contributed by atoms with E-state index in [1.165, 1.54) is 12.1 Å². The lowest BCUT2D eigenvalue weighted by Crippen LogP contribution is -2.54. The molecule has 0 bridgehead atoms. The number of fused-ring (bicyclic) bond motifs is 1. The first kappa shape index (κ1) is 19.6. The third kappa shape index (κ3) is 4.34. The fourth-order valence-electron chi connectivity index (χ4n) is 4.04. The molecule has 0 radical (unpaired) electrons. The van der Waals surface area contributed by atoms with Gasteiger partial charge in [0.2, 0.25) is 5.91 Å². The molecule has 2 aliphatic rings. The number of carbonyl (C=O) groups excluding carboxylic acids is 1. The summed E-state index contributed by atoms with van der Waals surface area (Å²) in [5.41, 5.74) is 1.55. The van der Waals surface area contributed by atoms with Gasteiger partial charge in [0.15, 0.2) is 0 Å². The molecular formula is C22H25F2N3O2. The van der Waals surface area contributed by atoms with Crippen LogP contribution in [0, 0.1) is 11.6 Å². The predicted molar refractivity (Wildman–Crippen MR) is 107 cm³/mol. The molecule has 0 saturated carbocycles. The van der Waals surface area contributed by atoms with Crippen LogP contribution in [0.4, 0.5) is 14.5 Å². The van der Waals surface area contributed by atoms with E-state index in [9.17, 15) is 13.6 Å². The van der Waals surface area contributed by atoms with Crippen LogP contribution in [0.15, 0.2) is 42.5 Å². The quantitative estimate of drug-likeness (QED) is 0.855. The Kier molecular flexibility index (Phi) is 5.67. The highest BCUT2D eigenvalue weighted by Crippen LogP contribution is 2.31. The molecule has 29 heavy (non-hydrogen) atoms. The number of nitrogens with one attached hydrogen (secondary N) is 1. The number of ether oxygens (including phenoxy) is 1. The lowest BCUT2D eigenvalue weighted by atomic mass is 10.00. The number of benzene rings is 2. The number of anilines is 1.